The number of fused-ring (bicyclic) bond motifs is 5. The van der Waals surface area contributed by atoms with Gasteiger partial charge in [-0.25, -0.2) is 28.5 Å². The number of allylic oxidation sites excluding steroid dienone is 2. The highest BCUT2D eigenvalue weighted by Gasteiger charge is 2.75. The molecule has 1 aliphatic carbocycles. The molecular formula is C34H34Cl2N6O9. The molecule has 0 bridgehead atoms. The smallest absolute Gasteiger partial charge is 0.347 e. The molecule has 2 aliphatic heterocycles. The second-order valence-corrected chi connectivity index (χ2v) is 13.9. The lowest BCUT2D eigenvalue weighted by Crippen LogP contribution is -2.59. The van der Waals surface area contributed by atoms with Crippen LogP contribution in [0.25, 0.3) is 11.0 Å². The largest absolute Gasteiger partial charge is 0.493 e. The summed E-state index contributed by atoms with van der Waals surface area (Å²) in [6.45, 7) is -0.574. The number of aliphatic hydroxyl groups excluding tert-OH is 1. The van der Waals surface area contributed by atoms with E-state index in [1.54, 1.807) is 49.5 Å². The number of aliphatic hydroxyl groups is 1. The maximum Gasteiger partial charge on any atom is 0.347 e. The van der Waals surface area contributed by atoms with Crippen LogP contribution in [0.1, 0.15) is 29.6 Å². The number of halogens is 2. The number of carbonyl (C=O) groups excluding carboxylic acids is 2. The van der Waals surface area contributed by atoms with Crippen molar-refractivity contribution in [3.05, 3.63) is 90.6 Å². The Morgan fingerprint density at radius 2 is 1.67 bits per heavy atom. The molecule has 4 aromatic rings. The fourth-order valence-electron chi connectivity index (χ4n) is 7.69. The summed E-state index contributed by atoms with van der Waals surface area (Å²) in [5.41, 5.74) is 0.259. The van der Waals surface area contributed by atoms with Gasteiger partial charge in [0.2, 0.25) is 0 Å². The number of methoxy groups -OCH3 is 2. The number of aromatic nitrogens is 5. The Labute approximate surface area is 299 Å². The van der Waals surface area contributed by atoms with Crippen LogP contribution < -0.4 is 31.1 Å². The summed E-state index contributed by atoms with van der Waals surface area (Å²) in [5, 5.41) is 9.48. The molecule has 4 heterocycles. The van der Waals surface area contributed by atoms with E-state index in [1.165, 1.54) is 35.2 Å². The highest BCUT2D eigenvalue weighted by Crippen LogP contribution is 2.64. The van der Waals surface area contributed by atoms with Crippen molar-refractivity contribution in [3.8, 4) is 17.2 Å². The van der Waals surface area contributed by atoms with Crippen LogP contribution in [-0.4, -0.2) is 89.5 Å². The van der Waals surface area contributed by atoms with Gasteiger partial charge in [-0.2, -0.15) is 0 Å². The van der Waals surface area contributed by atoms with Crippen molar-refractivity contribution in [2.75, 3.05) is 34.5 Å². The number of hydrogen-bond acceptors (Lipinski definition) is 10. The third-order valence-electron chi connectivity index (χ3n) is 10.2. The van der Waals surface area contributed by atoms with Gasteiger partial charge in [-0.05, 0) is 11.6 Å². The van der Waals surface area contributed by atoms with Gasteiger partial charge in [0.25, 0.3) is 17.4 Å². The van der Waals surface area contributed by atoms with Crippen LogP contribution in [0.2, 0.25) is 0 Å². The summed E-state index contributed by atoms with van der Waals surface area (Å²) in [6.07, 6.45) is 1.40. The van der Waals surface area contributed by atoms with E-state index < -0.39 is 50.5 Å². The molecule has 15 nitrogen and oxygen atoms in total. The SMILES string of the molecule is COc1cc2nc(CCn3c(=O)n4n(c3=O)C3CC5(Cl)C(=O)N(C)C(=O)C5(Cl)C(c5ccccc5OCCO)C3=CC4)c(=O)n(C)c2cc1OC. The first kappa shape index (κ1) is 34.6. The number of alkyl halides is 2. The zero-order valence-electron chi connectivity index (χ0n) is 28.1. The van der Waals surface area contributed by atoms with E-state index >= 15 is 0 Å². The van der Waals surface area contributed by atoms with E-state index in [4.69, 9.17) is 37.4 Å². The summed E-state index contributed by atoms with van der Waals surface area (Å²) in [6, 6.07) is 9.08. The van der Waals surface area contributed by atoms with Crippen molar-refractivity contribution in [2.24, 2.45) is 7.05 Å². The van der Waals surface area contributed by atoms with E-state index in [1.807, 2.05) is 0 Å². The topological polar surface area (TPSA) is 169 Å². The lowest BCUT2D eigenvalue weighted by atomic mass is 9.64. The summed E-state index contributed by atoms with van der Waals surface area (Å²) >= 11 is 14.5. The number of hydrogen-bond donors (Lipinski definition) is 1. The van der Waals surface area contributed by atoms with E-state index in [0.717, 1.165) is 9.47 Å². The fourth-order valence-corrected chi connectivity index (χ4v) is 8.68. The first-order valence-electron chi connectivity index (χ1n) is 16.1. The van der Waals surface area contributed by atoms with Crippen LogP contribution in [0, 0.1) is 0 Å². The van der Waals surface area contributed by atoms with Gasteiger partial charge in [-0.1, -0.05) is 24.3 Å². The molecule has 2 fully saturated rings. The van der Waals surface area contributed by atoms with Crippen molar-refractivity contribution in [1.29, 1.82) is 0 Å². The van der Waals surface area contributed by atoms with Crippen LogP contribution in [0.4, 0.5) is 0 Å². The molecule has 4 unspecified atom stereocenters. The van der Waals surface area contributed by atoms with Crippen LogP contribution in [0.3, 0.4) is 0 Å². The molecule has 3 aliphatic rings. The lowest BCUT2D eigenvalue weighted by molar-refractivity contribution is -0.137. The zero-order valence-corrected chi connectivity index (χ0v) is 29.6. The number of rotatable bonds is 9. The molecule has 268 valence electrons. The third-order valence-corrected chi connectivity index (χ3v) is 11.6. The van der Waals surface area contributed by atoms with Crippen LogP contribution in [0.5, 0.6) is 17.2 Å². The molecule has 1 saturated heterocycles. The number of likely N-dealkylation sites (tertiary alicyclic amines) is 1. The van der Waals surface area contributed by atoms with Crippen LogP contribution in [0.15, 0.2) is 62.4 Å². The number of amides is 2. The number of imide groups is 1. The monoisotopic (exact) mass is 740 g/mol. The number of carbonyl (C=O) groups is 2. The molecule has 7 rings (SSSR count). The molecule has 2 aromatic heterocycles. The summed E-state index contributed by atoms with van der Waals surface area (Å²) in [7, 11) is 5.86. The average Bonchev–Trinajstić information content (AvgIpc) is 3.45. The van der Waals surface area contributed by atoms with Gasteiger partial charge < -0.3 is 23.9 Å². The molecule has 1 N–H and O–H groups in total. The fraction of sp³-hybridized carbons (Fsp3) is 0.412. The standard InChI is InChI=1S/C34H34Cl2N6O9/c1-38-22-16-26(50-4)25(49-3)15-21(22)37-20(28(38)44)10-11-40-31(47)41-12-9-18-23(42(41)32(40)48)17-33(35)29(45)39(2)30(46)34(33,36)27(18)19-7-5-6-8-24(19)51-14-13-43/h5-9,15-16,23,27,43H,10-14,17H2,1-4H3. The molecule has 2 aromatic carbocycles. The molecule has 0 radical (unpaired) electrons. The van der Waals surface area contributed by atoms with Gasteiger partial charge in [0, 0.05) is 57.1 Å². The first-order valence-corrected chi connectivity index (χ1v) is 16.9. The number of aryl methyl sites for hydroxylation is 2. The second kappa shape index (κ2) is 12.4. The number of benzene rings is 2. The normalized spacial score (nSPS) is 23.9. The summed E-state index contributed by atoms with van der Waals surface area (Å²) in [5.74, 6) is -1.36. The maximum atomic E-state index is 14.2. The Bertz CT molecular complexity index is 2340. The highest BCUT2D eigenvalue weighted by atomic mass is 35.5. The quantitative estimate of drug-likeness (QED) is 0.150. The summed E-state index contributed by atoms with van der Waals surface area (Å²) < 4.78 is 21.5. The highest BCUT2D eigenvalue weighted by molar-refractivity contribution is 6.53. The lowest BCUT2D eigenvalue weighted by Gasteiger charge is -2.49. The number of nitrogens with zero attached hydrogens (tertiary/aromatic N) is 6. The van der Waals surface area contributed by atoms with Crippen molar-refractivity contribution in [3.63, 3.8) is 0 Å². The van der Waals surface area contributed by atoms with Gasteiger partial charge in [-0.3, -0.25) is 19.3 Å². The molecule has 4 atom stereocenters. The van der Waals surface area contributed by atoms with Crippen LogP contribution in [-0.2, 0) is 36.1 Å². The predicted octanol–water partition coefficient (Wildman–Crippen LogP) is 1.31. The van der Waals surface area contributed by atoms with Gasteiger partial charge >= 0.3 is 11.4 Å². The molecule has 2 amide bonds. The molecule has 0 spiro atoms. The minimum atomic E-state index is -2.01. The van der Waals surface area contributed by atoms with Gasteiger partial charge in [0.05, 0.1) is 44.4 Å². The van der Waals surface area contributed by atoms with E-state index in [2.05, 4.69) is 4.98 Å². The summed E-state index contributed by atoms with van der Waals surface area (Å²) in [4.78, 5) is 70.4. The Morgan fingerprint density at radius 1 is 0.961 bits per heavy atom. The van der Waals surface area contributed by atoms with Crippen molar-refractivity contribution in [1.82, 2.24) is 28.4 Å². The van der Waals surface area contributed by atoms with E-state index in [9.17, 15) is 29.1 Å². The van der Waals surface area contributed by atoms with Crippen LogP contribution >= 0.6 is 23.2 Å². The molecule has 1 saturated carbocycles. The van der Waals surface area contributed by atoms with Crippen molar-refractivity contribution >= 4 is 46.0 Å². The van der Waals surface area contributed by atoms with Crippen molar-refractivity contribution in [2.45, 2.75) is 47.6 Å². The Kier molecular flexibility index (Phi) is 8.42. The minimum Gasteiger partial charge on any atom is -0.493 e. The number of ether oxygens (including phenoxy) is 3. The van der Waals surface area contributed by atoms with E-state index in [-0.39, 0.29) is 44.8 Å². The first-order chi connectivity index (χ1) is 24.3. The average molecular weight is 742 g/mol. The zero-order chi connectivity index (χ0) is 36.6. The Hall–Kier alpha value is -4.86. The molecule has 17 heteroatoms. The third kappa shape index (κ3) is 4.81. The van der Waals surface area contributed by atoms with Gasteiger partial charge in [0.15, 0.2) is 21.2 Å². The number of para-hydroxylation sites is 1. The Balaban J connectivity index is 1.31. The van der Waals surface area contributed by atoms with Gasteiger partial charge in [0.1, 0.15) is 18.1 Å². The Morgan fingerprint density at radius 3 is 2.37 bits per heavy atom. The maximum absolute atomic E-state index is 14.2. The van der Waals surface area contributed by atoms with Gasteiger partial charge in [-0.15, -0.1) is 23.2 Å². The molecular weight excluding hydrogens is 707 g/mol. The second-order valence-electron chi connectivity index (χ2n) is 12.7. The molecule has 51 heavy (non-hydrogen) atoms. The predicted molar refractivity (Wildman–Crippen MR) is 185 cm³/mol. The van der Waals surface area contributed by atoms with Crippen molar-refractivity contribution < 1.29 is 28.9 Å². The van der Waals surface area contributed by atoms with E-state index in [0.29, 0.717) is 39.4 Å². The minimum absolute atomic E-state index is 0.0543.